The van der Waals surface area contributed by atoms with E-state index in [0.717, 1.165) is 128 Å². The molecule has 0 saturated heterocycles. The number of aromatic amines is 2. The highest BCUT2D eigenvalue weighted by Gasteiger charge is 2.27. The number of aryl methyl sites for hydroxylation is 4. The van der Waals surface area contributed by atoms with Crippen molar-refractivity contribution < 1.29 is 0 Å². The molecule has 66 heavy (non-hydrogen) atoms. The first-order chi connectivity index (χ1) is 32.1. The summed E-state index contributed by atoms with van der Waals surface area (Å²) in [7, 11) is 0. The minimum atomic E-state index is 0.825. The quantitative estimate of drug-likeness (QED) is 0.0534. The van der Waals surface area contributed by atoms with Crippen LogP contribution in [0.4, 0.5) is 0 Å². The molecule has 0 aliphatic carbocycles. The first kappa shape index (κ1) is 49.8. The summed E-state index contributed by atoms with van der Waals surface area (Å²) in [5.41, 5.74) is 23.7. The van der Waals surface area contributed by atoms with E-state index in [1.54, 1.807) is 0 Å². The Hall–Kier alpha value is -4.14. The van der Waals surface area contributed by atoms with Crippen LogP contribution in [0.15, 0.2) is 58.0 Å². The molecule has 2 aliphatic heterocycles. The molecule has 5 aromatic rings. The van der Waals surface area contributed by atoms with E-state index >= 15 is 0 Å². The van der Waals surface area contributed by atoms with Crippen LogP contribution in [0.3, 0.4) is 0 Å². The first-order valence-corrected chi connectivity index (χ1v) is 27.1. The van der Waals surface area contributed by atoms with Gasteiger partial charge in [-0.05, 0) is 192 Å². The third-order valence-electron chi connectivity index (χ3n) is 14.2. The zero-order chi connectivity index (χ0) is 46.7. The largest absolute Gasteiger partial charge is 0.354 e. The molecule has 2 N–H and O–H groups in total. The highest BCUT2D eigenvalue weighted by Crippen LogP contribution is 2.44. The fraction of sp³-hybridized carbons (Fsp3) is 0.483. The van der Waals surface area contributed by atoms with Crippen LogP contribution >= 0.6 is 31.9 Å². The van der Waals surface area contributed by atoms with Gasteiger partial charge in [0, 0.05) is 45.7 Å². The number of nitrogens with zero attached hydrogens (tertiary/aromatic N) is 4. The molecule has 0 spiro atoms. The van der Waals surface area contributed by atoms with E-state index in [0.29, 0.717) is 0 Å². The van der Waals surface area contributed by atoms with Crippen LogP contribution in [0.25, 0.3) is 66.6 Å². The van der Waals surface area contributed by atoms with E-state index in [-0.39, 0.29) is 0 Å². The molecule has 0 radical (unpaired) electrons. The minimum Gasteiger partial charge on any atom is -0.354 e. The molecule has 0 saturated carbocycles. The first-order valence-electron chi connectivity index (χ1n) is 25.5. The molecule has 5 aromatic heterocycles. The molecule has 8 bridgehead atoms. The molecular formula is C58H74Br2N6. The van der Waals surface area contributed by atoms with Gasteiger partial charge < -0.3 is 9.97 Å². The van der Waals surface area contributed by atoms with Gasteiger partial charge in [0.1, 0.15) is 9.21 Å². The molecule has 0 fully saturated rings. The van der Waals surface area contributed by atoms with Crippen molar-refractivity contribution >= 4 is 76.2 Å². The predicted molar refractivity (Wildman–Crippen MR) is 291 cm³/mol. The standard InChI is InChI=1S/C58H74Br2N6/c1-9-13-17-21-25-43-37(5)55-53(41-29-31-51(59)61-35-41)56-39(7)45(27-23-19-15-11-3)49(65-56)34-50-46(28-24-20-16-12-4)40(8)58(66-50)54(42-30-32-52(60)62-36-42)57-38(6)44(26-22-18-14-10-2)48(64-57)33-47(43)63-55/h29-36,63,66H,9-28H2,1-8H3. The topological polar surface area (TPSA) is 83.1 Å². The average Bonchev–Trinajstić information content (AvgIpc) is 3.99. The Morgan fingerprint density at radius 1 is 0.455 bits per heavy atom. The van der Waals surface area contributed by atoms with Crippen molar-refractivity contribution in [2.45, 2.75) is 184 Å². The fourth-order valence-electron chi connectivity index (χ4n) is 10.3. The summed E-state index contributed by atoms with van der Waals surface area (Å²) in [5.74, 6) is 0. The summed E-state index contributed by atoms with van der Waals surface area (Å²) in [5, 5.41) is 0. The Morgan fingerprint density at radius 3 is 1.15 bits per heavy atom. The Labute approximate surface area is 412 Å². The molecule has 0 unspecified atom stereocenters. The second kappa shape index (κ2) is 23.7. The summed E-state index contributed by atoms with van der Waals surface area (Å²) in [6, 6.07) is 13.4. The lowest BCUT2D eigenvalue weighted by Gasteiger charge is -2.09. The van der Waals surface area contributed by atoms with Crippen molar-refractivity contribution in [2.75, 3.05) is 0 Å². The van der Waals surface area contributed by atoms with E-state index in [2.05, 4.69) is 134 Å². The number of halogens is 2. The average molecular weight is 1020 g/mol. The second-order valence-electron chi connectivity index (χ2n) is 19.0. The van der Waals surface area contributed by atoms with Gasteiger partial charge in [-0.3, -0.25) is 0 Å². The lowest BCUT2D eigenvalue weighted by molar-refractivity contribution is 0.667. The third kappa shape index (κ3) is 11.2. The Balaban J connectivity index is 1.68. The van der Waals surface area contributed by atoms with Crippen molar-refractivity contribution in [2.24, 2.45) is 0 Å². The monoisotopic (exact) mass is 1010 g/mol. The molecule has 0 amide bonds. The smallest absolute Gasteiger partial charge is 0.106 e. The Kier molecular flexibility index (Phi) is 17.9. The zero-order valence-corrected chi connectivity index (χ0v) is 44.5. The summed E-state index contributed by atoms with van der Waals surface area (Å²) in [6.07, 6.45) is 27.2. The number of allylic oxidation sites excluding steroid dienone is 4. The molecule has 7 rings (SSSR count). The summed E-state index contributed by atoms with van der Waals surface area (Å²) >= 11 is 7.31. The van der Waals surface area contributed by atoms with Crippen LogP contribution in [0.5, 0.6) is 0 Å². The fourth-order valence-corrected chi connectivity index (χ4v) is 10.8. The molecule has 8 heteroatoms. The van der Waals surface area contributed by atoms with Crippen LogP contribution in [-0.4, -0.2) is 29.9 Å². The van der Waals surface area contributed by atoms with Crippen LogP contribution in [0.2, 0.25) is 0 Å². The van der Waals surface area contributed by atoms with Crippen molar-refractivity contribution in [1.82, 2.24) is 29.9 Å². The highest BCUT2D eigenvalue weighted by atomic mass is 79.9. The maximum Gasteiger partial charge on any atom is 0.106 e. The Morgan fingerprint density at radius 2 is 0.818 bits per heavy atom. The highest BCUT2D eigenvalue weighted by molar-refractivity contribution is 9.10. The van der Waals surface area contributed by atoms with Gasteiger partial charge in [0.05, 0.1) is 33.8 Å². The van der Waals surface area contributed by atoms with E-state index in [1.807, 2.05) is 12.4 Å². The van der Waals surface area contributed by atoms with E-state index in [1.165, 1.54) is 122 Å². The van der Waals surface area contributed by atoms with Gasteiger partial charge in [0.15, 0.2) is 0 Å². The summed E-state index contributed by atoms with van der Waals surface area (Å²) < 4.78 is 1.65. The lowest BCUT2D eigenvalue weighted by atomic mass is 9.94. The van der Waals surface area contributed by atoms with E-state index < -0.39 is 0 Å². The SMILES string of the molecule is CCCCCCC1=C(C)c2nc1cc1[nH]c(c(C)c1CCCCCC)c(-c1ccc(Br)nc1)c1nc(cc3[nH]c(c(C)c3CCCCCC)c2-c2ccc(Br)nc2)C(CCCCCC)=C1C. The number of hydrogen-bond donors (Lipinski definition) is 2. The molecule has 6 nitrogen and oxygen atoms in total. The van der Waals surface area contributed by atoms with Crippen LogP contribution in [0, 0.1) is 13.8 Å². The van der Waals surface area contributed by atoms with Crippen molar-refractivity contribution in [3.05, 3.63) is 103 Å². The molecule has 2 aliphatic rings. The van der Waals surface area contributed by atoms with Crippen LogP contribution in [0.1, 0.15) is 202 Å². The maximum absolute atomic E-state index is 5.78. The number of fused-ring (bicyclic) bond motifs is 8. The van der Waals surface area contributed by atoms with Crippen LogP contribution < -0.4 is 0 Å². The molecule has 0 aromatic carbocycles. The molecule has 0 atom stereocenters. The number of nitrogens with one attached hydrogen (secondary N) is 2. The van der Waals surface area contributed by atoms with Crippen molar-refractivity contribution in [1.29, 1.82) is 0 Å². The number of hydrogen-bond acceptors (Lipinski definition) is 4. The van der Waals surface area contributed by atoms with Gasteiger partial charge in [-0.15, -0.1) is 0 Å². The van der Waals surface area contributed by atoms with Crippen molar-refractivity contribution in [3.63, 3.8) is 0 Å². The second-order valence-corrected chi connectivity index (χ2v) is 20.6. The minimum absolute atomic E-state index is 0.825. The summed E-state index contributed by atoms with van der Waals surface area (Å²) in [4.78, 5) is 29.4. The van der Waals surface area contributed by atoms with Gasteiger partial charge in [-0.1, -0.05) is 105 Å². The zero-order valence-electron chi connectivity index (χ0n) is 41.3. The van der Waals surface area contributed by atoms with Crippen LogP contribution in [-0.2, 0) is 12.8 Å². The third-order valence-corrected chi connectivity index (χ3v) is 15.2. The molecule has 350 valence electrons. The van der Waals surface area contributed by atoms with Gasteiger partial charge in [0.25, 0.3) is 0 Å². The maximum atomic E-state index is 5.78. The van der Waals surface area contributed by atoms with Gasteiger partial charge in [-0.25, -0.2) is 19.9 Å². The Bertz CT molecular complexity index is 2510. The lowest BCUT2D eigenvalue weighted by Crippen LogP contribution is -1.91. The van der Waals surface area contributed by atoms with E-state index in [4.69, 9.17) is 19.9 Å². The molecular weight excluding hydrogens is 940 g/mol. The van der Waals surface area contributed by atoms with Gasteiger partial charge in [0.2, 0.25) is 0 Å². The van der Waals surface area contributed by atoms with Gasteiger partial charge >= 0.3 is 0 Å². The van der Waals surface area contributed by atoms with Crippen molar-refractivity contribution in [3.8, 4) is 22.3 Å². The normalized spacial score (nSPS) is 12.9. The number of unbranched alkanes of at least 4 members (excludes halogenated alkanes) is 12. The number of rotatable bonds is 22. The number of aromatic nitrogens is 6. The number of pyridine rings is 2. The molecule has 7 heterocycles. The van der Waals surface area contributed by atoms with Gasteiger partial charge in [-0.2, -0.15) is 0 Å². The predicted octanol–water partition coefficient (Wildman–Crippen LogP) is 18.6. The summed E-state index contributed by atoms with van der Waals surface area (Å²) in [6.45, 7) is 18.5. The number of H-pyrrole nitrogens is 2. The van der Waals surface area contributed by atoms with E-state index in [9.17, 15) is 0 Å².